The zero-order chi connectivity index (χ0) is 15.7. The Kier molecular flexibility index (Phi) is 3.86. The first-order valence-corrected chi connectivity index (χ1v) is 7.29. The van der Waals surface area contributed by atoms with Crippen LogP contribution in [0, 0.1) is 6.92 Å². The van der Waals surface area contributed by atoms with Crippen molar-refractivity contribution in [1.29, 1.82) is 0 Å². The highest BCUT2D eigenvalue weighted by Gasteiger charge is 2.37. The minimum atomic E-state index is -0.696. The van der Waals surface area contributed by atoms with Crippen LogP contribution in [0.3, 0.4) is 0 Å². The van der Waals surface area contributed by atoms with Crippen LogP contribution in [-0.2, 0) is 9.53 Å². The first-order chi connectivity index (χ1) is 10.6. The van der Waals surface area contributed by atoms with Crippen LogP contribution in [0.4, 0.5) is 0 Å². The van der Waals surface area contributed by atoms with E-state index < -0.39 is 6.10 Å². The predicted octanol–water partition coefficient (Wildman–Crippen LogP) is 3.27. The number of carbonyl (C=O) groups excluding carboxylic acids is 1. The number of rotatable bonds is 3. The molecule has 1 aliphatic heterocycles. The molecular weight excluding hydrogens is 300 g/mol. The zero-order valence-corrected chi connectivity index (χ0v) is 13.0. The number of benzene rings is 1. The second-order valence-electron chi connectivity index (χ2n) is 5.09. The third-order valence-corrected chi connectivity index (χ3v) is 3.73. The van der Waals surface area contributed by atoms with Crippen LogP contribution in [0.2, 0.25) is 5.02 Å². The van der Waals surface area contributed by atoms with Crippen molar-refractivity contribution in [2.75, 3.05) is 7.05 Å². The van der Waals surface area contributed by atoms with Crippen LogP contribution in [0.15, 0.2) is 48.5 Å². The Morgan fingerprint density at radius 2 is 2.09 bits per heavy atom. The Morgan fingerprint density at radius 3 is 2.77 bits per heavy atom. The van der Waals surface area contributed by atoms with E-state index in [9.17, 15) is 4.79 Å². The van der Waals surface area contributed by atoms with Crippen LogP contribution in [0.5, 0.6) is 0 Å². The maximum Gasteiger partial charge on any atom is 0.215 e. The SMILES string of the molecule is CNC1=C(c2cc(C)ccn2)C(=O)C(c2cccc(Cl)c2)O1. The van der Waals surface area contributed by atoms with Crippen molar-refractivity contribution in [2.45, 2.75) is 13.0 Å². The van der Waals surface area contributed by atoms with Crippen molar-refractivity contribution in [1.82, 2.24) is 10.3 Å². The molecule has 0 spiro atoms. The molecule has 0 bridgehead atoms. The van der Waals surface area contributed by atoms with Gasteiger partial charge in [-0.3, -0.25) is 9.78 Å². The van der Waals surface area contributed by atoms with Gasteiger partial charge in [0, 0.05) is 23.8 Å². The number of pyridine rings is 1. The summed E-state index contributed by atoms with van der Waals surface area (Å²) < 4.78 is 5.79. The summed E-state index contributed by atoms with van der Waals surface area (Å²) in [6, 6.07) is 10.9. The van der Waals surface area contributed by atoms with E-state index in [2.05, 4.69) is 10.3 Å². The molecule has 0 radical (unpaired) electrons. The fourth-order valence-corrected chi connectivity index (χ4v) is 2.66. The van der Waals surface area contributed by atoms with Gasteiger partial charge in [-0.15, -0.1) is 0 Å². The van der Waals surface area contributed by atoms with E-state index in [0.29, 0.717) is 22.2 Å². The lowest BCUT2D eigenvalue weighted by atomic mass is 9.99. The van der Waals surface area contributed by atoms with E-state index in [1.54, 1.807) is 31.4 Å². The van der Waals surface area contributed by atoms with Crippen molar-refractivity contribution in [3.8, 4) is 0 Å². The number of ether oxygens (including phenoxy) is 1. The monoisotopic (exact) mass is 314 g/mol. The number of ketones is 1. The number of halogens is 1. The Bertz CT molecular complexity index is 771. The lowest BCUT2D eigenvalue weighted by molar-refractivity contribution is -0.120. The van der Waals surface area contributed by atoms with Crippen LogP contribution >= 0.6 is 11.6 Å². The molecule has 0 aliphatic carbocycles. The molecular formula is C17H15ClN2O2. The normalized spacial score (nSPS) is 17.6. The highest BCUT2D eigenvalue weighted by molar-refractivity contribution is 6.30. The Hall–Kier alpha value is -2.33. The first kappa shape index (κ1) is 14.6. The molecule has 1 aromatic carbocycles. The van der Waals surface area contributed by atoms with Gasteiger partial charge in [0.2, 0.25) is 11.7 Å². The summed E-state index contributed by atoms with van der Waals surface area (Å²) in [7, 11) is 1.72. The highest BCUT2D eigenvalue weighted by atomic mass is 35.5. The maximum absolute atomic E-state index is 12.8. The van der Waals surface area contributed by atoms with Crippen molar-refractivity contribution < 1.29 is 9.53 Å². The smallest absolute Gasteiger partial charge is 0.215 e. The summed E-state index contributed by atoms with van der Waals surface area (Å²) in [4.78, 5) is 17.1. The van der Waals surface area contributed by atoms with Crippen molar-refractivity contribution in [3.63, 3.8) is 0 Å². The fraction of sp³-hybridized carbons (Fsp3) is 0.176. The molecule has 3 rings (SSSR count). The van der Waals surface area contributed by atoms with Gasteiger partial charge in [0.1, 0.15) is 5.57 Å². The second-order valence-corrected chi connectivity index (χ2v) is 5.53. The summed E-state index contributed by atoms with van der Waals surface area (Å²) >= 11 is 6.01. The lowest BCUT2D eigenvalue weighted by Gasteiger charge is -2.11. The predicted molar refractivity (Wildman–Crippen MR) is 85.2 cm³/mol. The van der Waals surface area contributed by atoms with Gasteiger partial charge in [-0.25, -0.2) is 0 Å². The molecule has 0 saturated carbocycles. The van der Waals surface area contributed by atoms with Gasteiger partial charge in [-0.05, 0) is 36.8 Å². The number of nitrogens with zero attached hydrogens (tertiary/aromatic N) is 1. The van der Waals surface area contributed by atoms with E-state index in [1.165, 1.54) is 0 Å². The van der Waals surface area contributed by atoms with Crippen molar-refractivity contribution >= 4 is 23.0 Å². The number of Topliss-reactive ketones (excluding diaryl/α,β-unsaturated/α-hetero) is 1. The maximum atomic E-state index is 12.8. The van der Waals surface area contributed by atoms with Gasteiger partial charge < -0.3 is 10.1 Å². The Labute approximate surface area is 133 Å². The van der Waals surface area contributed by atoms with Gasteiger partial charge in [-0.1, -0.05) is 23.7 Å². The number of aryl methyl sites for hydroxylation is 1. The molecule has 4 nitrogen and oxygen atoms in total. The molecule has 1 aromatic heterocycles. The zero-order valence-electron chi connectivity index (χ0n) is 12.3. The molecule has 0 saturated heterocycles. The minimum absolute atomic E-state index is 0.121. The van der Waals surface area contributed by atoms with Gasteiger partial charge in [0.25, 0.3) is 0 Å². The lowest BCUT2D eigenvalue weighted by Crippen LogP contribution is -2.10. The van der Waals surface area contributed by atoms with Gasteiger partial charge in [0.15, 0.2) is 6.10 Å². The minimum Gasteiger partial charge on any atom is -0.462 e. The Morgan fingerprint density at radius 1 is 1.27 bits per heavy atom. The van der Waals surface area contributed by atoms with Crippen molar-refractivity contribution in [2.24, 2.45) is 0 Å². The van der Waals surface area contributed by atoms with Gasteiger partial charge in [0.05, 0.1) is 5.69 Å². The van der Waals surface area contributed by atoms with Crippen molar-refractivity contribution in [3.05, 3.63) is 70.3 Å². The molecule has 112 valence electrons. The average Bonchev–Trinajstić information content (AvgIpc) is 2.84. The van der Waals surface area contributed by atoms with Gasteiger partial charge >= 0.3 is 0 Å². The molecule has 0 fully saturated rings. The van der Waals surface area contributed by atoms with Crippen LogP contribution in [0.25, 0.3) is 5.57 Å². The largest absolute Gasteiger partial charge is 0.462 e. The van der Waals surface area contributed by atoms with Gasteiger partial charge in [-0.2, -0.15) is 0 Å². The standard InChI is InChI=1S/C17H15ClN2O2/c1-10-6-7-20-13(8-10)14-15(21)16(22-17(14)19-2)11-4-3-5-12(18)9-11/h3-9,16,19H,1-2H3. The third kappa shape index (κ3) is 2.57. The summed E-state index contributed by atoms with van der Waals surface area (Å²) in [5.74, 6) is 0.317. The number of nitrogens with one attached hydrogen (secondary N) is 1. The summed E-state index contributed by atoms with van der Waals surface area (Å²) in [6.07, 6.45) is 0.990. The van der Waals surface area contributed by atoms with E-state index in [4.69, 9.17) is 16.3 Å². The highest BCUT2D eigenvalue weighted by Crippen LogP contribution is 2.36. The van der Waals surface area contributed by atoms with E-state index in [1.807, 2.05) is 25.1 Å². The molecule has 2 aromatic rings. The first-order valence-electron chi connectivity index (χ1n) is 6.91. The molecule has 1 atom stereocenters. The summed E-state index contributed by atoms with van der Waals surface area (Å²) in [5.41, 5.74) is 2.84. The fourth-order valence-electron chi connectivity index (χ4n) is 2.46. The molecule has 22 heavy (non-hydrogen) atoms. The third-order valence-electron chi connectivity index (χ3n) is 3.50. The van der Waals surface area contributed by atoms with E-state index in [0.717, 1.165) is 11.1 Å². The second kappa shape index (κ2) is 5.81. The quantitative estimate of drug-likeness (QED) is 0.944. The topological polar surface area (TPSA) is 51.2 Å². The van der Waals surface area contributed by atoms with E-state index >= 15 is 0 Å². The molecule has 5 heteroatoms. The average molecular weight is 315 g/mol. The summed E-state index contributed by atoms with van der Waals surface area (Å²) in [6.45, 7) is 1.96. The summed E-state index contributed by atoms with van der Waals surface area (Å²) in [5, 5.41) is 3.51. The molecule has 1 unspecified atom stereocenters. The molecule has 1 N–H and O–H groups in total. The molecule has 0 amide bonds. The van der Waals surface area contributed by atoms with E-state index in [-0.39, 0.29) is 5.78 Å². The number of aromatic nitrogens is 1. The van der Waals surface area contributed by atoms with Crippen LogP contribution < -0.4 is 5.32 Å². The number of hydrogen-bond donors (Lipinski definition) is 1. The number of carbonyl (C=O) groups is 1. The molecule has 1 aliphatic rings. The Balaban J connectivity index is 2.01. The van der Waals surface area contributed by atoms with Crippen LogP contribution in [0.1, 0.15) is 22.9 Å². The molecule has 2 heterocycles. The number of hydrogen-bond acceptors (Lipinski definition) is 4. The van der Waals surface area contributed by atoms with Crippen LogP contribution in [-0.4, -0.2) is 17.8 Å².